The van der Waals surface area contributed by atoms with Crippen molar-refractivity contribution in [3.63, 3.8) is 0 Å². The summed E-state index contributed by atoms with van der Waals surface area (Å²) in [6.45, 7) is 1.76. The fraction of sp³-hybridized carbons (Fsp3) is 0.118. The number of H-pyrrole nitrogens is 1. The molecular formula is C17H15ClN4OS. The van der Waals surface area contributed by atoms with Gasteiger partial charge in [0.1, 0.15) is 5.82 Å². The number of imidazole rings is 1. The minimum absolute atomic E-state index is 0.140. The lowest BCUT2D eigenvalue weighted by molar-refractivity contribution is -0.119. The average molecular weight is 359 g/mol. The summed E-state index contributed by atoms with van der Waals surface area (Å²) in [5.74, 6) is 0.535. The highest BCUT2D eigenvalue weighted by Gasteiger charge is 2.11. The molecule has 5 nitrogen and oxygen atoms in total. The lowest BCUT2D eigenvalue weighted by atomic mass is 10.2. The van der Waals surface area contributed by atoms with Gasteiger partial charge in [0.15, 0.2) is 5.11 Å². The molecule has 24 heavy (non-hydrogen) atoms. The number of nitrogens with one attached hydrogen (secondary N) is 3. The van der Waals surface area contributed by atoms with E-state index in [0.29, 0.717) is 17.3 Å². The van der Waals surface area contributed by atoms with Crippen LogP contribution < -0.4 is 10.6 Å². The van der Waals surface area contributed by atoms with Gasteiger partial charge in [-0.1, -0.05) is 30.7 Å². The molecule has 0 saturated carbocycles. The molecule has 1 amide bonds. The van der Waals surface area contributed by atoms with Crippen molar-refractivity contribution in [3.05, 3.63) is 47.5 Å². The maximum atomic E-state index is 11.4. The number of fused-ring (bicyclic) bond motifs is 1. The molecule has 1 heterocycles. The van der Waals surface area contributed by atoms with Crippen molar-refractivity contribution in [3.8, 4) is 11.4 Å². The van der Waals surface area contributed by atoms with Crippen LogP contribution in [0.5, 0.6) is 0 Å². The third-order valence-corrected chi connectivity index (χ3v) is 3.98. The number of hydrogen-bond donors (Lipinski definition) is 3. The van der Waals surface area contributed by atoms with Crippen molar-refractivity contribution >= 4 is 51.6 Å². The Labute approximate surface area is 149 Å². The van der Waals surface area contributed by atoms with Crippen LogP contribution in [0.15, 0.2) is 42.5 Å². The summed E-state index contributed by atoms with van der Waals surface area (Å²) < 4.78 is 0. The quantitative estimate of drug-likeness (QED) is 0.616. The van der Waals surface area contributed by atoms with Gasteiger partial charge < -0.3 is 15.6 Å². The zero-order valence-corrected chi connectivity index (χ0v) is 14.5. The zero-order valence-electron chi connectivity index (χ0n) is 12.9. The Hall–Kier alpha value is -2.44. The molecule has 0 fully saturated rings. The first kappa shape index (κ1) is 16.4. The van der Waals surface area contributed by atoms with Gasteiger partial charge >= 0.3 is 0 Å². The molecule has 3 rings (SSSR count). The molecule has 0 radical (unpaired) electrons. The predicted molar refractivity (Wildman–Crippen MR) is 101 cm³/mol. The van der Waals surface area contributed by atoms with Crippen LogP contribution in [-0.4, -0.2) is 21.0 Å². The minimum Gasteiger partial charge on any atom is -0.338 e. The smallest absolute Gasteiger partial charge is 0.225 e. The third-order valence-electron chi connectivity index (χ3n) is 3.44. The van der Waals surface area contributed by atoms with Crippen LogP contribution in [0.4, 0.5) is 5.69 Å². The fourth-order valence-corrected chi connectivity index (χ4v) is 2.68. The highest BCUT2D eigenvalue weighted by molar-refractivity contribution is 7.80. The number of aromatic nitrogens is 2. The third kappa shape index (κ3) is 3.55. The number of benzene rings is 2. The van der Waals surface area contributed by atoms with Crippen molar-refractivity contribution in [2.45, 2.75) is 13.3 Å². The zero-order chi connectivity index (χ0) is 17.1. The standard InChI is InChI=1S/C17H15ClN4OS/c1-2-15(23)22-17(24)19-10-7-8-12(18)11(9-10)16-20-13-5-3-4-6-14(13)21-16/h3-9H,2H2,1H3,(H,20,21)(H2,19,22,23,24). The number of rotatable bonds is 3. The maximum Gasteiger partial charge on any atom is 0.225 e. The second kappa shape index (κ2) is 6.98. The summed E-state index contributed by atoms with van der Waals surface area (Å²) in [6, 6.07) is 13.2. The fourth-order valence-electron chi connectivity index (χ4n) is 2.24. The number of amides is 1. The number of carbonyl (C=O) groups excluding carboxylic acids is 1. The van der Waals surface area contributed by atoms with E-state index >= 15 is 0 Å². The minimum atomic E-state index is -0.140. The summed E-state index contributed by atoms with van der Waals surface area (Å²) in [7, 11) is 0. The van der Waals surface area contributed by atoms with Gasteiger partial charge in [0.2, 0.25) is 5.91 Å². The van der Waals surface area contributed by atoms with Crippen LogP contribution in [0.25, 0.3) is 22.4 Å². The molecule has 1 aromatic heterocycles. The van der Waals surface area contributed by atoms with E-state index in [0.717, 1.165) is 22.3 Å². The van der Waals surface area contributed by atoms with E-state index in [-0.39, 0.29) is 11.0 Å². The largest absolute Gasteiger partial charge is 0.338 e. The summed E-state index contributed by atoms with van der Waals surface area (Å²) in [4.78, 5) is 19.2. The first-order valence-electron chi connectivity index (χ1n) is 7.42. The van der Waals surface area contributed by atoms with Crippen LogP contribution in [0.1, 0.15) is 13.3 Å². The van der Waals surface area contributed by atoms with Crippen LogP contribution in [0.2, 0.25) is 5.02 Å². The number of para-hydroxylation sites is 2. The molecule has 0 aliphatic carbocycles. The predicted octanol–water partition coefficient (Wildman–Crippen LogP) is 4.11. The van der Waals surface area contributed by atoms with E-state index in [9.17, 15) is 4.79 Å². The normalized spacial score (nSPS) is 10.6. The van der Waals surface area contributed by atoms with Crippen molar-refractivity contribution in [2.75, 3.05) is 5.32 Å². The number of anilines is 1. The highest BCUT2D eigenvalue weighted by Crippen LogP contribution is 2.30. The van der Waals surface area contributed by atoms with E-state index in [1.165, 1.54) is 0 Å². The molecule has 122 valence electrons. The van der Waals surface area contributed by atoms with Crippen molar-refractivity contribution in [2.24, 2.45) is 0 Å². The second-order valence-corrected chi connectivity index (χ2v) is 5.97. The number of hydrogen-bond acceptors (Lipinski definition) is 3. The second-order valence-electron chi connectivity index (χ2n) is 5.15. The molecule has 7 heteroatoms. The van der Waals surface area contributed by atoms with Gasteiger partial charge in [-0.2, -0.15) is 0 Å². The van der Waals surface area contributed by atoms with Crippen LogP contribution in [0.3, 0.4) is 0 Å². The average Bonchev–Trinajstić information content (AvgIpc) is 3.00. The Morgan fingerprint density at radius 3 is 2.83 bits per heavy atom. The summed E-state index contributed by atoms with van der Waals surface area (Å²) in [5.41, 5.74) is 3.28. The molecule has 0 saturated heterocycles. The Balaban J connectivity index is 1.88. The number of carbonyl (C=O) groups is 1. The van der Waals surface area contributed by atoms with Crippen molar-refractivity contribution in [1.82, 2.24) is 15.3 Å². The molecule has 0 aliphatic rings. The van der Waals surface area contributed by atoms with Crippen LogP contribution >= 0.6 is 23.8 Å². The molecule has 2 aromatic carbocycles. The highest BCUT2D eigenvalue weighted by atomic mass is 35.5. The summed E-state index contributed by atoms with van der Waals surface area (Å²) in [5, 5.41) is 6.40. The molecule has 0 atom stereocenters. The molecular weight excluding hydrogens is 344 g/mol. The van der Waals surface area contributed by atoms with Gasteiger partial charge in [0.25, 0.3) is 0 Å². The SMILES string of the molecule is CCC(=O)NC(=S)Nc1ccc(Cl)c(-c2nc3ccccc3[nH]2)c1. The maximum absolute atomic E-state index is 11.4. The Bertz CT molecular complexity index is 889. The lowest BCUT2D eigenvalue weighted by Gasteiger charge is -2.10. The number of halogens is 1. The summed E-state index contributed by atoms with van der Waals surface area (Å²) in [6.07, 6.45) is 0.368. The van der Waals surface area contributed by atoms with E-state index in [1.54, 1.807) is 19.1 Å². The van der Waals surface area contributed by atoms with Gasteiger partial charge in [-0.3, -0.25) is 4.79 Å². The topological polar surface area (TPSA) is 69.8 Å². The molecule has 0 unspecified atom stereocenters. The van der Waals surface area contributed by atoms with Crippen molar-refractivity contribution < 1.29 is 4.79 Å². The van der Waals surface area contributed by atoms with Crippen LogP contribution in [-0.2, 0) is 4.79 Å². The van der Waals surface area contributed by atoms with Gasteiger partial charge in [-0.15, -0.1) is 0 Å². The summed E-state index contributed by atoms with van der Waals surface area (Å²) >= 11 is 11.4. The van der Waals surface area contributed by atoms with Crippen molar-refractivity contribution in [1.29, 1.82) is 0 Å². The molecule has 0 aliphatic heterocycles. The van der Waals surface area contributed by atoms with Gasteiger partial charge in [-0.05, 0) is 42.5 Å². The molecule has 3 aromatic rings. The molecule has 0 spiro atoms. The van der Waals surface area contributed by atoms with E-state index in [4.69, 9.17) is 23.8 Å². The monoisotopic (exact) mass is 358 g/mol. The molecule has 3 N–H and O–H groups in total. The van der Waals surface area contributed by atoms with E-state index in [2.05, 4.69) is 20.6 Å². The Morgan fingerprint density at radius 2 is 2.08 bits per heavy atom. The number of aromatic amines is 1. The van der Waals surface area contributed by atoms with Gasteiger partial charge in [0, 0.05) is 17.7 Å². The van der Waals surface area contributed by atoms with E-state index in [1.807, 2.05) is 30.3 Å². The Morgan fingerprint density at radius 1 is 1.29 bits per heavy atom. The van der Waals surface area contributed by atoms with Crippen LogP contribution in [0, 0.1) is 0 Å². The first-order chi connectivity index (χ1) is 11.6. The first-order valence-corrected chi connectivity index (χ1v) is 8.21. The van der Waals surface area contributed by atoms with Gasteiger partial charge in [0.05, 0.1) is 16.1 Å². The van der Waals surface area contributed by atoms with Gasteiger partial charge in [-0.25, -0.2) is 4.98 Å². The Kier molecular flexibility index (Phi) is 4.78. The molecule has 0 bridgehead atoms. The lowest BCUT2D eigenvalue weighted by Crippen LogP contribution is -2.33. The van der Waals surface area contributed by atoms with E-state index < -0.39 is 0 Å². The number of thiocarbonyl (C=S) groups is 1. The number of nitrogens with zero attached hydrogens (tertiary/aromatic N) is 1.